The first-order valence-electron chi connectivity index (χ1n) is 13.2. The molecule has 3 aromatic rings. The van der Waals surface area contributed by atoms with Crippen LogP contribution >= 0.6 is 11.3 Å². The van der Waals surface area contributed by atoms with E-state index >= 15 is 0 Å². The largest absolute Gasteiger partial charge is 0.352 e. The molecule has 2 N–H and O–H groups in total. The molecule has 2 heterocycles. The fourth-order valence-electron chi connectivity index (χ4n) is 5.22. The number of hydrogen-bond acceptors (Lipinski definition) is 4. The molecule has 0 saturated heterocycles. The number of benzene rings is 1. The van der Waals surface area contributed by atoms with Crippen LogP contribution in [0, 0.1) is 0 Å². The molecule has 1 aromatic carbocycles. The summed E-state index contributed by atoms with van der Waals surface area (Å²) in [6, 6.07) is 10.1. The van der Waals surface area contributed by atoms with Crippen molar-refractivity contribution in [1.29, 1.82) is 0 Å². The maximum atomic E-state index is 13.2. The summed E-state index contributed by atoms with van der Waals surface area (Å²) in [7, 11) is 0. The molecule has 0 aliphatic heterocycles. The van der Waals surface area contributed by atoms with E-state index in [0.29, 0.717) is 18.0 Å². The highest BCUT2D eigenvalue weighted by molar-refractivity contribution is 7.09. The van der Waals surface area contributed by atoms with Crippen molar-refractivity contribution in [2.45, 2.75) is 96.7 Å². The molecule has 7 heteroatoms. The van der Waals surface area contributed by atoms with Gasteiger partial charge in [-0.15, -0.1) is 11.3 Å². The molecule has 1 aliphatic rings. The second kappa shape index (κ2) is 11.8. The summed E-state index contributed by atoms with van der Waals surface area (Å²) in [4.78, 5) is 32.3. The highest BCUT2D eigenvalue weighted by Gasteiger charge is 2.25. The molecular weight excluding hydrogens is 456 g/mol. The molecule has 2 amide bonds. The van der Waals surface area contributed by atoms with Gasteiger partial charge in [0.2, 0.25) is 5.91 Å². The number of carbonyl (C=O) groups is 2. The number of nitrogens with zero attached hydrogens (tertiary/aromatic N) is 2. The van der Waals surface area contributed by atoms with Crippen LogP contribution in [0.25, 0.3) is 11.0 Å². The summed E-state index contributed by atoms with van der Waals surface area (Å²) in [6.07, 6.45) is 8.66. The summed E-state index contributed by atoms with van der Waals surface area (Å²) < 4.78 is 2.35. The van der Waals surface area contributed by atoms with Crippen LogP contribution in [0.5, 0.6) is 0 Å². The number of imidazole rings is 1. The Morgan fingerprint density at radius 2 is 1.91 bits per heavy atom. The molecule has 2 aromatic heterocycles. The van der Waals surface area contributed by atoms with E-state index in [9.17, 15) is 9.59 Å². The van der Waals surface area contributed by atoms with Crippen molar-refractivity contribution in [2.24, 2.45) is 0 Å². The van der Waals surface area contributed by atoms with E-state index in [-0.39, 0.29) is 17.9 Å². The third-order valence-electron chi connectivity index (χ3n) is 7.15. The van der Waals surface area contributed by atoms with E-state index < -0.39 is 6.04 Å². The van der Waals surface area contributed by atoms with E-state index in [1.54, 1.807) is 11.3 Å². The molecule has 1 unspecified atom stereocenters. The maximum absolute atomic E-state index is 13.2. The molecular formula is C28H38N4O2S. The first-order valence-corrected chi connectivity index (χ1v) is 14.1. The van der Waals surface area contributed by atoms with Crippen LogP contribution in [0.15, 0.2) is 35.7 Å². The van der Waals surface area contributed by atoms with Crippen LogP contribution in [0.3, 0.4) is 0 Å². The van der Waals surface area contributed by atoms with Gasteiger partial charge in [0, 0.05) is 28.9 Å². The molecule has 188 valence electrons. The molecule has 35 heavy (non-hydrogen) atoms. The van der Waals surface area contributed by atoms with E-state index in [4.69, 9.17) is 4.98 Å². The average Bonchev–Trinajstić information content (AvgIpc) is 3.62. The molecule has 0 bridgehead atoms. The first kappa shape index (κ1) is 25.4. The van der Waals surface area contributed by atoms with E-state index in [2.05, 4.69) is 46.6 Å². The standard InChI is InChI=1S/C28H38N4O2S/c1-4-10-23(28(34)29-20-11-7-8-12-20)31-27(33)19-14-15-25-24(17-19)30-26(18-22-13-9-16-35-22)32(25)21(5-2)6-3/h9,13-17,20-21,23H,4-8,10-12,18H2,1-3H3,(H,29,34)(H,31,33). The van der Waals surface area contributed by atoms with Gasteiger partial charge in [0.1, 0.15) is 11.9 Å². The van der Waals surface area contributed by atoms with Gasteiger partial charge in [-0.2, -0.15) is 0 Å². The minimum Gasteiger partial charge on any atom is -0.352 e. The van der Waals surface area contributed by atoms with Gasteiger partial charge in [-0.05, 0) is 61.7 Å². The Bertz CT molecular complexity index is 1130. The average molecular weight is 495 g/mol. The molecule has 4 rings (SSSR count). The lowest BCUT2D eigenvalue weighted by Gasteiger charge is -2.21. The third kappa shape index (κ3) is 5.95. The zero-order valence-electron chi connectivity index (χ0n) is 21.2. The number of rotatable bonds is 11. The number of aromatic nitrogens is 2. The Morgan fingerprint density at radius 1 is 1.14 bits per heavy atom. The Morgan fingerprint density at radius 3 is 2.57 bits per heavy atom. The van der Waals surface area contributed by atoms with Crippen LogP contribution in [-0.2, 0) is 11.2 Å². The fourth-order valence-corrected chi connectivity index (χ4v) is 5.92. The summed E-state index contributed by atoms with van der Waals surface area (Å²) in [6.45, 7) is 6.45. The smallest absolute Gasteiger partial charge is 0.252 e. The maximum Gasteiger partial charge on any atom is 0.252 e. The van der Waals surface area contributed by atoms with Crippen molar-refractivity contribution in [2.75, 3.05) is 0 Å². The molecule has 0 radical (unpaired) electrons. The molecule has 1 saturated carbocycles. The number of nitrogens with one attached hydrogen (secondary N) is 2. The highest BCUT2D eigenvalue weighted by Crippen LogP contribution is 2.28. The molecule has 0 spiro atoms. The van der Waals surface area contributed by atoms with Crippen LogP contribution in [0.2, 0.25) is 0 Å². The van der Waals surface area contributed by atoms with Crippen molar-refractivity contribution < 1.29 is 9.59 Å². The van der Waals surface area contributed by atoms with Gasteiger partial charge >= 0.3 is 0 Å². The van der Waals surface area contributed by atoms with Crippen LogP contribution < -0.4 is 10.6 Å². The van der Waals surface area contributed by atoms with Crippen molar-refractivity contribution in [3.63, 3.8) is 0 Å². The van der Waals surface area contributed by atoms with Crippen molar-refractivity contribution >= 4 is 34.2 Å². The third-order valence-corrected chi connectivity index (χ3v) is 8.02. The van der Waals surface area contributed by atoms with Crippen LogP contribution in [-0.4, -0.2) is 33.4 Å². The minimum absolute atomic E-state index is 0.0653. The van der Waals surface area contributed by atoms with E-state index in [1.165, 1.54) is 4.88 Å². The summed E-state index contributed by atoms with van der Waals surface area (Å²) in [5.74, 6) is 0.752. The lowest BCUT2D eigenvalue weighted by Crippen LogP contribution is -2.49. The summed E-state index contributed by atoms with van der Waals surface area (Å²) in [5, 5.41) is 8.23. The zero-order chi connectivity index (χ0) is 24.8. The first-order chi connectivity index (χ1) is 17.0. The van der Waals surface area contributed by atoms with E-state index in [0.717, 1.165) is 68.2 Å². The number of carbonyl (C=O) groups excluding carboxylic acids is 2. The lowest BCUT2D eigenvalue weighted by molar-refractivity contribution is -0.123. The predicted octanol–water partition coefficient (Wildman–Crippen LogP) is 6.01. The fraction of sp³-hybridized carbons (Fsp3) is 0.536. The topological polar surface area (TPSA) is 76.0 Å². The minimum atomic E-state index is -0.514. The SMILES string of the molecule is CCCC(NC(=O)c1ccc2c(c1)nc(Cc1cccs1)n2C(CC)CC)C(=O)NC1CCCC1. The Kier molecular flexibility index (Phi) is 8.60. The van der Waals surface area contributed by atoms with Gasteiger partial charge in [0.25, 0.3) is 5.91 Å². The molecule has 1 atom stereocenters. The number of fused-ring (bicyclic) bond motifs is 1. The van der Waals surface area contributed by atoms with Crippen LogP contribution in [0.4, 0.5) is 0 Å². The number of thiophene rings is 1. The highest BCUT2D eigenvalue weighted by atomic mass is 32.1. The van der Waals surface area contributed by atoms with Gasteiger partial charge in [-0.25, -0.2) is 4.98 Å². The molecule has 1 fully saturated rings. The van der Waals surface area contributed by atoms with Crippen LogP contribution in [0.1, 0.15) is 99.2 Å². The van der Waals surface area contributed by atoms with Gasteiger partial charge in [-0.1, -0.05) is 46.1 Å². The number of hydrogen-bond donors (Lipinski definition) is 2. The Hall–Kier alpha value is -2.67. The van der Waals surface area contributed by atoms with Gasteiger partial charge in [-0.3, -0.25) is 9.59 Å². The zero-order valence-corrected chi connectivity index (χ0v) is 22.0. The Labute approximate surface area is 212 Å². The number of amides is 2. The van der Waals surface area contributed by atoms with Gasteiger partial charge < -0.3 is 15.2 Å². The monoisotopic (exact) mass is 494 g/mol. The van der Waals surface area contributed by atoms with Crippen molar-refractivity contribution in [1.82, 2.24) is 20.2 Å². The van der Waals surface area contributed by atoms with Gasteiger partial charge in [0.05, 0.1) is 11.0 Å². The normalized spacial score (nSPS) is 15.1. The lowest BCUT2D eigenvalue weighted by atomic mass is 10.1. The predicted molar refractivity (Wildman–Crippen MR) is 143 cm³/mol. The second-order valence-electron chi connectivity index (χ2n) is 9.63. The second-order valence-corrected chi connectivity index (χ2v) is 10.7. The van der Waals surface area contributed by atoms with Crippen molar-refractivity contribution in [3.05, 3.63) is 52.0 Å². The molecule has 1 aliphatic carbocycles. The van der Waals surface area contributed by atoms with Crippen molar-refractivity contribution in [3.8, 4) is 0 Å². The van der Waals surface area contributed by atoms with Gasteiger partial charge in [0.15, 0.2) is 0 Å². The van der Waals surface area contributed by atoms with E-state index in [1.807, 2.05) is 25.1 Å². The summed E-state index contributed by atoms with van der Waals surface area (Å²) >= 11 is 1.74. The Balaban J connectivity index is 1.57. The summed E-state index contributed by atoms with van der Waals surface area (Å²) in [5.41, 5.74) is 2.44. The molecule has 6 nitrogen and oxygen atoms in total. The quantitative estimate of drug-likeness (QED) is 0.343.